The summed E-state index contributed by atoms with van der Waals surface area (Å²) in [7, 11) is 0. The van der Waals surface area contributed by atoms with E-state index in [-0.39, 0.29) is 17.5 Å². The summed E-state index contributed by atoms with van der Waals surface area (Å²) in [6, 6.07) is 4.04. The zero-order chi connectivity index (χ0) is 15.5. The van der Waals surface area contributed by atoms with Crippen molar-refractivity contribution in [3.63, 3.8) is 0 Å². The second kappa shape index (κ2) is 6.11. The molecule has 6 heteroatoms. The number of urea groups is 1. The molecule has 2 rings (SSSR count). The van der Waals surface area contributed by atoms with Crippen LogP contribution in [-0.2, 0) is 4.79 Å². The molecule has 0 unspecified atom stereocenters. The number of hydrogen-bond donors (Lipinski definition) is 3. The fourth-order valence-electron chi connectivity index (χ4n) is 2.63. The Morgan fingerprint density at radius 3 is 2.62 bits per heavy atom. The Morgan fingerprint density at radius 1 is 1.38 bits per heavy atom. The minimum atomic E-state index is -0.859. The number of carbonyl (C=O) groups is 2. The first kappa shape index (κ1) is 15.3. The van der Waals surface area contributed by atoms with E-state index in [9.17, 15) is 14.0 Å². The lowest BCUT2D eigenvalue weighted by Crippen LogP contribution is -2.44. The molecule has 21 heavy (non-hydrogen) atoms. The fourth-order valence-corrected chi connectivity index (χ4v) is 2.63. The van der Waals surface area contributed by atoms with Gasteiger partial charge in [0.05, 0.1) is 12.1 Å². The summed E-state index contributed by atoms with van der Waals surface area (Å²) >= 11 is 0. The van der Waals surface area contributed by atoms with Gasteiger partial charge in [0.25, 0.3) is 0 Å². The second-order valence-electron chi connectivity index (χ2n) is 5.66. The van der Waals surface area contributed by atoms with Gasteiger partial charge in [0.15, 0.2) is 0 Å². The molecule has 0 heterocycles. The molecule has 2 amide bonds. The minimum absolute atomic E-state index is 0.0476. The van der Waals surface area contributed by atoms with Crippen LogP contribution < -0.4 is 10.6 Å². The highest BCUT2D eigenvalue weighted by Crippen LogP contribution is 2.43. The zero-order valence-electron chi connectivity index (χ0n) is 11.9. The molecule has 1 aromatic carbocycles. The topological polar surface area (TPSA) is 78.4 Å². The van der Waals surface area contributed by atoms with Gasteiger partial charge in [0.2, 0.25) is 0 Å². The number of rotatable bonds is 5. The van der Waals surface area contributed by atoms with Gasteiger partial charge in [-0.3, -0.25) is 4.79 Å². The number of benzene rings is 1. The fraction of sp³-hybridized carbons (Fsp3) is 0.467. The maximum Gasteiger partial charge on any atom is 0.319 e. The van der Waals surface area contributed by atoms with Gasteiger partial charge in [-0.25, -0.2) is 9.18 Å². The number of aliphatic carboxylic acids is 1. The van der Waals surface area contributed by atoms with Crippen molar-refractivity contribution in [1.82, 2.24) is 5.32 Å². The van der Waals surface area contributed by atoms with E-state index >= 15 is 0 Å². The van der Waals surface area contributed by atoms with E-state index in [0.717, 1.165) is 19.3 Å². The summed E-state index contributed by atoms with van der Waals surface area (Å²) in [4.78, 5) is 22.7. The van der Waals surface area contributed by atoms with Crippen LogP contribution in [0.15, 0.2) is 18.2 Å². The molecule has 0 radical (unpaired) electrons. The van der Waals surface area contributed by atoms with Gasteiger partial charge in [-0.1, -0.05) is 18.6 Å². The van der Waals surface area contributed by atoms with Gasteiger partial charge in [0.1, 0.15) is 5.82 Å². The Balaban J connectivity index is 1.92. The number of carboxylic acids is 1. The number of aryl methyl sites for hydroxylation is 1. The molecule has 0 spiro atoms. The number of carbonyl (C=O) groups excluding carboxylic acids is 1. The summed E-state index contributed by atoms with van der Waals surface area (Å²) in [6.45, 7) is 2.00. The van der Waals surface area contributed by atoms with Crippen molar-refractivity contribution >= 4 is 17.7 Å². The van der Waals surface area contributed by atoms with Crippen molar-refractivity contribution in [3.05, 3.63) is 29.6 Å². The highest BCUT2D eigenvalue weighted by Gasteiger charge is 2.39. The average Bonchev–Trinajstić information content (AvgIpc) is 2.36. The SMILES string of the molecule is Cc1cccc(F)c1NC(=O)NCC1(CC(=O)O)CCC1. The predicted molar refractivity (Wildman–Crippen MR) is 76.7 cm³/mol. The van der Waals surface area contributed by atoms with Gasteiger partial charge in [-0.15, -0.1) is 0 Å². The third-order valence-electron chi connectivity index (χ3n) is 4.02. The van der Waals surface area contributed by atoms with Crippen molar-refractivity contribution in [3.8, 4) is 0 Å². The Bertz CT molecular complexity index is 536. The standard InChI is InChI=1S/C15H19FN2O3/c1-10-4-2-5-11(16)13(10)18-14(21)17-9-15(6-3-7-15)8-12(19)20/h2,4-5H,3,6-9H2,1H3,(H,19,20)(H2,17,18,21). The molecule has 3 N–H and O–H groups in total. The smallest absolute Gasteiger partial charge is 0.319 e. The van der Waals surface area contributed by atoms with Gasteiger partial charge < -0.3 is 15.7 Å². The van der Waals surface area contributed by atoms with E-state index in [1.165, 1.54) is 6.07 Å². The predicted octanol–water partition coefficient (Wildman–Crippen LogP) is 2.90. The van der Waals surface area contributed by atoms with Crippen LogP contribution in [0.4, 0.5) is 14.9 Å². The highest BCUT2D eigenvalue weighted by atomic mass is 19.1. The van der Waals surface area contributed by atoms with E-state index in [1.807, 2.05) is 0 Å². The van der Waals surface area contributed by atoms with Crippen molar-refractivity contribution in [1.29, 1.82) is 0 Å². The third-order valence-corrected chi connectivity index (χ3v) is 4.02. The Kier molecular flexibility index (Phi) is 4.45. The molecule has 114 valence electrons. The summed E-state index contributed by atoms with van der Waals surface area (Å²) in [5.74, 6) is -1.35. The molecule has 0 aliphatic heterocycles. The first-order chi connectivity index (χ1) is 9.92. The Labute approximate surface area is 122 Å². The maximum absolute atomic E-state index is 13.6. The first-order valence-electron chi connectivity index (χ1n) is 6.94. The molecule has 5 nitrogen and oxygen atoms in total. The molecule has 0 aromatic heterocycles. The van der Waals surface area contributed by atoms with E-state index in [4.69, 9.17) is 5.11 Å². The molecule has 1 aliphatic rings. The molecular weight excluding hydrogens is 275 g/mol. The Morgan fingerprint density at radius 2 is 2.10 bits per heavy atom. The monoisotopic (exact) mass is 294 g/mol. The van der Waals surface area contributed by atoms with Gasteiger partial charge >= 0.3 is 12.0 Å². The van der Waals surface area contributed by atoms with Crippen LogP contribution in [0.1, 0.15) is 31.2 Å². The molecule has 1 aliphatic carbocycles. The average molecular weight is 294 g/mol. The summed E-state index contributed by atoms with van der Waals surface area (Å²) in [5, 5.41) is 14.0. The molecule has 0 atom stereocenters. The van der Waals surface area contributed by atoms with Crippen LogP contribution in [-0.4, -0.2) is 23.7 Å². The normalized spacial score (nSPS) is 15.9. The lowest BCUT2D eigenvalue weighted by Gasteiger charge is -2.40. The number of halogens is 1. The van der Waals surface area contributed by atoms with Crippen LogP contribution in [0, 0.1) is 18.2 Å². The maximum atomic E-state index is 13.6. The summed E-state index contributed by atoms with van der Waals surface area (Å²) in [5.41, 5.74) is 0.429. The lowest BCUT2D eigenvalue weighted by atomic mass is 9.66. The zero-order valence-corrected chi connectivity index (χ0v) is 11.9. The number of nitrogens with one attached hydrogen (secondary N) is 2. The van der Waals surface area contributed by atoms with Gasteiger partial charge in [-0.05, 0) is 36.8 Å². The van der Waals surface area contributed by atoms with Crippen molar-refractivity contribution in [2.24, 2.45) is 5.41 Å². The molecule has 1 aromatic rings. The number of para-hydroxylation sites is 1. The van der Waals surface area contributed by atoms with Crippen LogP contribution in [0.2, 0.25) is 0 Å². The van der Waals surface area contributed by atoms with Crippen LogP contribution in [0.25, 0.3) is 0 Å². The number of hydrogen-bond acceptors (Lipinski definition) is 2. The van der Waals surface area contributed by atoms with Gasteiger partial charge in [0, 0.05) is 6.54 Å². The molecule has 1 fully saturated rings. The van der Waals surface area contributed by atoms with E-state index in [0.29, 0.717) is 12.1 Å². The molecular formula is C15H19FN2O3. The van der Waals surface area contributed by atoms with Crippen molar-refractivity contribution in [2.75, 3.05) is 11.9 Å². The van der Waals surface area contributed by atoms with Crippen molar-refractivity contribution < 1.29 is 19.1 Å². The van der Waals surface area contributed by atoms with Gasteiger partial charge in [-0.2, -0.15) is 0 Å². The van der Waals surface area contributed by atoms with Crippen LogP contribution in [0.3, 0.4) is 0 Å². The Hall–Kier alpha value is -2.11. The number of amides is 2. The van der Waals surface area contributed by atoms with E-state index in [1.54, 1.807) is 19.1 Å². The second-order valence-corrected chi connectivity index (χ2v) is 5.66. The minimum Gasteiger partial charge on any atom is -0.481 e. The quantitative estimate of drug-likeness (QED) is 0.781. The number of carboxylic acid groups (broad SMARTS) is 1. The molecule has 1 saturated carbocycles. The molecule has 0 saturated heterocycles. The highest BCUT2D eigenvalue weighted by molar-refractivity contribution is 5.90. The molecule has 0 bridgehead atoms. The van der Waals surface area contributed by atoms with Crippen LogP contribution >= 0.6 is 0 Å². The first-order valence-corrected chi connectivity index (χ1v) is 6.94. The van der Waals surface area contributed by atoms with E-state index < -0.39 is 17.8 Å². The largest absolute Gasteiger partial charge is 0.481 e. The lowest BCUT2D eigenvalue weighted by molar-refractivity contribution is -0.141. The summed E-state index contributed by atoms with van der Waals surface area (Å²) < 4.78 is 13.6. The summed E-state index contributed by atoms with van der Waals surface area (Å²) in [6.07, 6.45) is 2.60. The van der Waals surface area contributed by atoms with E-state index in [2.05, 4.69) is 10.6 Å². The third kappa shape index (κ3) is 3.71. The van der Waals surface area contributed by atoms with Crippen molar-refractivity contribution in [2.45, 2.75) is 32.6 Å². The van der Waals surface area contributed by atoms with Crippen LogP contribution in [0.5, 0.6) is 0 Å². The number of anilines is 1.